The van der Waals surface area contributed by atoms with Crippen LogP contribution in [0.15, 0.2) is 18.2 Å². The van der Waals surface area contributed by atoms with E-state index in [1.54, 1.807) is 6.92 Å². The van der Waals surface area contributed by atoms with Crippen LogP contribution < -0.4 is 10.6 Å². The van der Waals surface area contributed by atoms with Crippen molar-refractivity contribution < 1.29 is 19.6 Å². The van der Waals surface area contributed by atoms with Crippen molar-refractivity contribution in [2.75, 3.05) is 18.4 Å². The summed E-state index contributed by atoms with van der Waals surface area (Å²) >= 11 is 0. The zero-order chi connectivity index (χ0) is 15.1. The maximum Gasteiger partial charge on any atom is 0.342 e. The third kappa shape index (κ3) is 4.23. The van der Waals surface area contributed by atoms with E-state index < -0.39 is 16.6 Å². The molecule has 8 heteroatoms. The highest BCUT2D eigenvalue weighted by Gasteiger charge is 2.19. The first-order chi connectivity index (χ1) is 9.45. The van der Waals surface area contributed by atoms with E-state index in [0.717, 1.165) is 12.1 Å². The van der Waals surface area contributed by atoms with E-state index >= 15 is 0 Å². The molecule has 108 valence electrons. The number of rotatable bonds is 7. The Bertz CT molecular complexity index is 530. The van der Waals surface area contributed by atoms with Crippen molar-refractivity contribution in [3.63, 3.8) is 0 Å². The van der Waals surface area contributed by atoms with Gasteiger partial charge in [-0.05, 0) is 19.1 Å². The number of hydrogen-bond donors (Lipinski definition) is 3. The van der Waals surface area contributed by atoms with E-state index in [9.17, 15) is 19.7 Å². The van der Waals surface area contributed by atoms with Gasteiger partial charge in [-0.1, -0.05) is 0 Å². The van der Waals surface area contributed by atoms with E-state index in [0.29, 0.717) is 18.8 Å². The van der Waals surface area contributed by atoms with Crippen molar-refractivity contribution in [3.05, 3.63) is 33.9 Å². The van der Waals surface area contributed by atoms with Crippen LogP contribution >= 0.6 is 0 Å². The summed E-state index contributed by atoms with van der Waals surface area (Å²) < 4.78 is 0. The molecule has 0 aromatic heterocycles. The quantitative estimate of drug-likeness (QED) is 0.510. The number of amides is 1. The van der Waals surface area contributed by atoms with Gasteiger partial charge in [-0.3, -0.25) is 14.9 Å². The molecule has 1 aromatic carbocycles. The Hall–Kier alpha value is -2.64. The largest absolute Gasteiger partial charge is 0.477 e. The lowest BCUT2D eigenvalue weighted by atomic mass is 10.1. The standard InChI is InChI=1S/C12H15N3O5/c1-2-13-11(16)5-6-14-8-3-4-9(12(17)18)10(7-8)15(19)20/h3-4,7,14H,2,5-6H2,1H3,(H,13,16)(H,17,18). The van der Waals surface area contributed by atoms with Gasteiger partial charge in [-0.15, -0.1) is 0 Å². The van der Waals surface area contributed by atoms with Gasteiger partial charge in [-0.2, -0.15) is 0 Å². The maximum absolute atomic E-state index is 11.2. The number of carboxylic acids is 1. The number of anilines is 1. The van der Waals surface area contributed by atoms with Gasteiger partial charge >= 0.3 is 5.97 Å². The number of hydrogen-bond acceptors (Lipinski definition) is 5. The zero-order valence-corrected chi connectivity index (χ0v) is 10.9. The number of carbonyl (C=O) groups is 2. The molecule has 0 aliphatic heterocycles. The van der Waals surface area contributed by atoms with E-state index in [4.69, 9.17) is 5.11 Å². The van der Waals surface area contributed by atoms with Gasteiger partial charge < -0.3 is 15.7 Å². The molecule has 0 unspecified atom stereocenters. The number of carboxylic acid groups (broad SMARTS) is 1. The molecule has 0 saturated heterocycles. The van der Waals surface area contributed by atoms with Crippen molar-refractivity contribution >= 4 is 23.3 Å². The summed E-state index contributed by atoms with van der Waals surface area (Å²) in [5.74, 6) is -1.48. The molecule has 0 bridgehead atoms. The molecule has 0 saturated carbocycles. The molecule has 0 atom stereocenters. The third-order valence-electron chi connectivity index (χ3n) is 2.48. The molecule has 3 N–H and O–H groups in total. The molecule has 0 heterocycles. The second-order valence-corrected chi connectivity index (χ2v) is 3.92. The van der Waals surface area contributed by atoms with Crippen LogP contribution in [0.4, 0.5) is 11.4 Å². The van der Waals surface area contributed by atoms with Gasteiger partial charge in [0.15, 0.2) is 0 Å². The van der Waals surface area contributed by atoms with E-state index in [2.05, 4.69) is 10.6 Å². The topological polar surface area (TPSA) is 122 Å². The first-order valence-electron chi connectivity index (χ1n) is 5.98. The molecule has 8 nitrogen and oxygen atoms in total. The summed E-state index contributed by atoms with van der Waals surface area (Å²) in [6.07, 6.45) is 0.225. The van der Waals surface area contributed by atoms with Crippen molar-refractivity contribution in [1.29, 1.82) is 0 Å². The Balaban J connectivity index is 2.73. The molecule has 0 aliphatic rings. The molecule has 0 fully saturated rings. The number of nitro benzene ring substituents is 1. The number of aromatic carboxylic acids is 1. The zero-order valence-electron chi connectivity index (χ0n) is 10.9. The lowest BCUT2D eigenvalue weighted by Gasteiger charge is -2.07. The number of nitrogens with one attached hydrogen (secondary N) is 2. The van der Waals surface area contributed by atoms with E-state index in [-0.39, 0.29) is 17.9 Å². The summed E-state index contributed by atoms with van der Waals surface area (Å²) in [5, 5.41) is 25.1. The number of carbonyl (C=O) groups excluding carboxylic acids is 1. The number of nitrogens with zero attached hydrogens (tertiary/aromatic N) is 1. The maximum atomic E-state index is 11.2. The number of benzene rings is 1. The Morgan fingerprint density at radius 3 is 2.65 bits per heavy atom. The van der Waals surface area contributed by atoms with Crippen molar-refractivity contribution in [2.45, 2.75) is 13.3 Å². The summed E-state index contributed by atoms with van der Waals surface area (Å²) in [5.41, 5.74) is -0.462. The molecule has 0 aliphatic carbocycles. The highest BCUT2D eigenvalue weighted by molar-refractivity contribution is 5.93. The fourth-order valence-electron chi connectivity index (χ4n) is 1.58. The average Bonchev–Trinajstić information content (AvgIpc) is 2.38. The predicted molar refractivity (Wildman–Crippen MR) is 71.8 cm³/mol. The van der Waals surface area contributed by atoms with Gasteiger partial charge in [-0.25, -0.2) is 4.79 Å². The Kier molecular flexibility index (Phi) is 5.45. The van der Waals surface area contributed by atoms with Gasteiger partial charge in [0.1, 0.15) is 5.56 Å². The highest BCUT2D eigenvalue weighted by Crippen LogP contribution is 2.23. The molecule has 1 aromatic rings. The third-order valence-corrected chi connectivity index (χ3v) is 2.48. The summed E-state index contributed by atoms with van der Waals surface area (Å²) in [6.45, 7) is 2.65. The van der Waals surface area contributed by atoms with Crippen molar-refractivity contribution in [1.82, 2.24) is 5.32 Å². The Labute approximate surface area is 114 Å². The molecule has 0 radical (unpaired) electrons. The lowest BCUT2D eigenvalue weighted by molar-refractivity contribution is -0.385. The van der Waals surface area contributed by atoms with Gasteiger partial charge in [0, 0.05) is 31.3 Å². The second-order valence-electron chi connectivity index (χ2n) is 3.92. The lowest BCUT2D eigenvalue weighted by Crippen LogP contribution is -2.24. The fourth-order valence-corrected chi connectivity index (χ4v) is 1.58. The van der Waals surface area contributed by atoms with Crippen molar-refractivity contribution in [2.24, 2.45) is 0 Å². The Morgan fingerprint density at radius 1 is 1.40 bits per heavy atom. The predicted octanol–water partition coefficient (Wildman–Crippen LogP) is 1.23. The van der Waals surface area contributed by atoms with E-state index in [1.165, 1.54) is 6.07 Å². The summed E-state index contributed by atoms with van der Waals surface area (Å²) in [4.78, 5) is 32.1. The van der Waals surface area contributed by atoms with Crippen LogP contribution in [-0.2, 0) is 4.79 Å². The minimum Gasteiger partial charge on any atom is -0.477 e. The molecule has 0 spiro atoms. The van der Waals surface area contributed by atoms with Crippen LogP contribution in [0.2, 0.25) is 0 Å². The van der Waals surface area contributed by atoms with Crippen LogP contribution in [0.25, 0.3) is 0 Å². The normalized spacial score (nSPS) is 9.85. The van der Waals surface area contributed by atoms with Gasteiger partial charge in [0.2, 0.25) is 5.91 Å². The minimum atomic E-state index is -1.36. The monoisotopic (exact) mass is 281 g/mol. The molecular weight excluding hydrogens is 266 g/mol. The second kappa shape index (κ2) is 7.07. The number of nitro groups is 1. The van der Waals surface area contributed by atoms with Crippen LogP contribution in [0.3, 0.4) is 0 Å². The van der Waals surface area contributed by atoms with Gasteiger partial charge in [0.05, 0.1) is 4.92 Å². The highest BCUT2D eigenvalue weighted by atomic mass is 16.6. The molecule has 1 rings (SSSR count). The van der Waals surface area contributed by atoms with Crippen LogP contribution in [0.1, 0.15) is 23.7 Å². The van der Waals surface area contributed by atoms with Gasteiger partial charge in [0.25, 0.3) is 5.69 Å². The Morgan fingerprint density at radius 2 is 2.10 bits per heavy atom. The fraction of sp³-hybridized carbons (Fsp3) is 0.333. The average molecular weight is 281 g/mol. The molecular formula is C12H15N3O5. The molecule has 20 heavy (non-hydrogen) atoms. The first-order valence-corrected chi connectivity index (χ1v) is 5.98. The first kappa shape index (κ1) is 15.4. The SMILES string of the molecule is CCNC(=O)CCNc1ccc(C(=O)O)c([N+](=O)[O-])c1. The smallest absolute Gasteiger partial charge is 0.342 e. The van der Waals surface area contributed by atoms with Crippen LogP contribution in [-0.4, -0.2) is 35.0 Å². The summed E-state index contributed by atoms with van der Waals surface area (Å²) in [6, 6.07) is 3.73. The van der Waals surface area contributed by atoms with Crippen LogP contribution in [0.5, 0.6) is 0 Å². The van der Waals surface area contributed by atoms with Crippen LogP contribution in [0, 0.1) is 10.1 Å². The minimum absolute atomic E-state index is 0.128. The van der Waals surface area contributed by atoms with Crippen molar-refractivity contribution in [3.8, 4) is 0 Å². The van der Waals surface area contributed by atoms with E-state index in [1.807, 2.05) is 0 Å². The summed E-state index contributed by atoms with van der Waals surface area (Å²) in [7, 11) is 0. The molecule has 1 amide bonds.